The van der Waals surface area contributed by atoms with Crippen LogP contribution in [0.25, 0.3) is 0 Å². The fraction of sp³-hybridized carbons (Fsp3) is 0.273. The lowest BCUT2D eigenvalue weighted by molar-refractivity contribution is -0.139. The summed E-state index contributed by atoms with van der Waals surface area (Å²) in [5.41, 5.74) is 0.809. The lowest BCUT2D eigenvalue weighted by Gasteiger charge is -2.08. The van der Waals surface area contributed by atoms with Crippen molar-refractivity contribution in [1.29, 1.82) is 0 Å². The van der Waals surface area contributed by atoms with Crippen LogP contribution in [-0.2, 0) is 9.53 Å². The molecule has 2 N–H and O–H groups in total. The van der Waals surface area contributed by atoms with Crippen LogP contribution in [0.1, 0.15) is 28.4 Å². The third kappa shape index (κ3) is 3.06. The van der Waals surface area contributed by atoms with Gasteiger partial charge in [0.15, 0.2) is 0 Å². The van der Waals surface area contributed by atoms with Gasteiger partial charge >= 0.3 is 11.9 Å². The number of benzene rings is 1. The molecule has 1 rings (SSSR count). The van der Waals surface area contributed by atoms with Crippen molar-refractivity contribution >= 4 is 11.9 Å². The molecule has 0 aliphatic heterocycles. The van der Waals surface area contributed by atoms with Crippen molar-refractivity contribution in [2.75, 3.05) is 7.11 Å². The quantitative estimate of drug-likeness (QED) is 0.745. The highest BCUT2D eigenvalue weighted by Crippen LogP contribution is 2.17. The first-order valence-corrected chi connectivity index (χ1v) is 4.62. The number of carbonyl (C=O) groups excluding carboxylic acids is 1. The Morgan fingerprint density at radius 1 is 1.31 bits per heavy atom. The zero-order chi connectivity index (χ0) is 12.1. The van der Waals surface area contributed by atoms with Crippen molar-refractivity contribution in [3.8, 4) is 0 Å². The van der Waals surface area contributed by atoms with Crippen molar-refractivity contribution in [3.63, 3.8) is 0 Å². The summed E-state index contributed by atoms with van der Waals surface area (Å²) in [6.45, 7) is 0. The maximum absolute atomic E-state index is 11.1. The van der Waals surface area contributed by atoms with Gasteiger partial charge in [-0.3, -0.25) is 4.79 Å². The van der Waals surface area contributed by atoms with Gasteiger partial charge in [-0.15, -0.1) is 0 Å². The van der Waals surface area contributed by atoms with Gasteiger partial charge in [-0.2, -0.15) is 0 Å². The monoisotopic (exact) mass is 224 g/mol. The van der Waals surface area contributed by atoms with Crippen molar-refractivity contribution < 1.29 is 24.5 Å². The first kappa shape index (κ1) is 12.2. The fourth-order valence-corrected chi connectivity index (χ4v) is 1.24. The number of rotatable bonds is 4. The third-order valence-electron chi connectivity index (χ3n) is 2.08. The molecule has 0 aliphatic carbocycles. The van der Waals surface area contributed by atoms with Crippen molar-refractivity contribution in [1.82, 2.24) is 0 Å². The maximum atomic E-state index is 11.1. The highest BCUT2D eigenvalue weighted by atomic mass is 16.5. The Hall–Kier alpha value is -1.88. The third-order valence-corrected chi connectivity index (χ3v) is 2.08. The molecule has 5 nitrogen and oxygen atoms in total. The van der Waals surface area contributed by atoms with Gasteiger partial charge in [-0.1, -0.05) is 12.1 Å². The minimum absolute atomic E-state index is 0.355. The second kappa shape index (κ2) is 5.27. The number of esters is 1. The molecule has 0 amide bonds. The first-order chi connectivity index (χ1) is 7.54. The second-order valence-electron chi connectivity index (χ2n) is 3.23. The zero-order valence-electron chi connectivity index (χ0n) is 8.71. The molecular formula is C11H12O5. The fourth-order valence-electron chi connectivity index (χ4n) is 1.24. The molecule has 1 atom stereocenters. The average molecular weight is 224 g/mol. The minimum Gasteiger partial charge on any atom is -0.481 e. The molecule has 0 heterocycles. The Balaban J connectivity index is 2.78. The summed E-state index contributed by atoms with van der Waals surface area (Å²) in [5, 5.41) is 18.0. The predicted octanol–water partition coefficient (Wildman–Crippen LogP) is 0.981. The molecule has 0 radical (unpaired) electrons. The van der Waals surface area contributed by atoms with Gasteiger partial charge in [-0.05, 0) is 17.7 Å². The molecular weight excluding hydrogens is 212 g/mol. The predicted molar refractivity (Wildman–Crippen MR) is 55.0 cm³/mol. The second-order valence-corrected chi connectivity index (χ2v) is 3.23. The number of carboxylic acid groups (broad SMARTS) is 1. The molecule has 0 saturated heterocycles. The summed E-state index contributed by atoms with van der Waals surface area (Å²) in [4.78, 5) is 21.5. The molecule has 0 saturated carbocycles. The molecule has 0 aliphatic rings. The molecule has 16 heavy (non-hydrogen) atoms. The SMILES string of the molecule is COC(=O)c1ccc([C@@H](O)CC(=O)O)cc1. The lowest BCUT2D eigenvalue weighted by atomic mass is 10.0. The van der Waals surface area contributed by atoms with Crippen LogP contribution in [0.4, 0.5) is 0 Å². The topological polar surface area (TPSA) is 83.8 Å². The number of aliphatic hydroxyl groups is 1. The van der Waals surface area contributed by atoms with Crippen LogP contribution < -0.4 is 0 Å². The molecule has 0 fully saturated rings. The maximum Gasteiger partial charge on any atom is 0.337 e. The molecule has 0 unspecified atom stereocenters. The number of methoxy groups -OCH3 is 1. The van der Waals surface area contributed by atoms with E-state index in [4.69, 9.17) is 5.11 Å². The van der Waals surface area contributed by atoms with Gasteiger partial charge in [0.25, 0.3) is 0 Å². The Labute approximate surface area is 92.3 Å². The van der Waals surface area contributed by atoms with E-state index in [0.717, 1.165) is 0 Å². The largest absolute Gasteiger partial charge is 0.481 e. The first-order valence-electron chi connectivity index (χ1n) is 4.62. The summed E-state index contributed by atoms with van der Waals surface area (Å²) in [6, 6.07) is 5.96. The molecule has 1 aromatic carbocycles. The van der Waals surface area contributed by atoms with Gasteiger partial charge in [0.2, 0.25) is 0 Å². The molecule has 0 aromatic heterocycles. The van der Waals surface area contributed by atoms with Crippen molar-refractivity contribution in [2.24, 2.45) is 0 Å². The van der Waals surface area contributed by atoms with E-state index >= 15 is 0 Å². The normalized spacial score (nSPS) is 11.9. The van der Waals surface area contributed by atoms with Gasteiger partial charge in [0, 0.05) is 0 Å². The van der Waals surface area contributed by atoms with Gasteiger partial charge in [0.1, 0.15) is 0 Å². The van der Waals surface area contributed by atoms with Crippen LogP contribution in [0.15, 0.2) is 24.3 Å². The summed E-state index contributed by atoms with van der Waals surface area (Å²) in [7, 11) is 1.27. The van der Waals surface area contributed by atoms with E-state index in [1.54, 1.807) is 0 Å². The van der Waals surface area contributed by atoms with Gasteiger partial charge < -0.3 is 14.9 Å². The highest BCUT2D eigenvalue weighted by molar-refractivity contribution is 5.89. The van der Waals surface area contributed by atoms with Crippen LogP contribution in [0.3, 0.4) is 0 Å². The van der Waals surface area contributed by atoms with Crippen molar-refractivity contribution in [3.05, 3.63) is 35.4 Å². The summed E-state index contributed by atoms with van der Waals surface area (Å²) in [5.74, 6) is -1.55. The van der Waals surface area contributed by atoms with Crippen LogP contribution in [-0.4, -0.2) is 29.3 Å². The lowest BCUT2D eigenvalue weighted by Crippen LogP contribution is -2.06. The van der Waals surface area contributed by atoms with E-state index in [2.05, 4.69) is 4.74 Å². The van der Waals surface area contributed by atoms with E-state index in [-0.39, 0.29) is 6.42 Å². The number of aliphatic carboxylic acids is 1. The minimum atomic E-state index is -1.08. The van der Waals surface area contributed by atoms with Crippen LogP contribution in [0.5, 0.6) is 0 Å². The number of carbonyl (C=O) groups is 2. The number of ether oxygens (including phenoxy) is 1. The summed E-state index contributed by atoms with van der Waals surface area (Å²) < 4.78 is 4.51. The Kier molecular flexibility index (Phi) is 4.02. The summed E-state index contributed by atoms with van der Waals surface area (Å²) in [6.07, 6.45) is -1.43. The van der Waals surface area contributed by atoms with Gasteiger partial charge in [-0.25, -0.2) is 4.79 Å². The van der Waals surface area contributed by atoms with Crippen LogP contribution in [0, 0.1) is 0 Å². The van der Waals surface area contributed by atoms with Crippen LogP contribution >= 0.6 is 0 Å². The molecule has 5 heteroatoms. The number of aliphatic hydroxyl groups excluding tert-OH is 1. The number of hydrogen-bond acceptors (Lipinski definition) is 4. The van der Waals surface area contributed by atoms with Gasteiger partial charge in [0.05, 0.1) is 25.2 Å². The zero-order valence-corrected chi connectivity index (χ0v) is 8.71. The highest BCUT2D eigenvalue weighted by Gasteiger charge is 2.12. The Bertz CT molecular complexity index is 382. The molecule has 0 bridgehead atoms. The summed E-state index contributed by atoms with van der Waals surface area (Å²) >= 11 is 0. The smallest absolute Gasteiger partial charge is 0.337 e. The Morgan fingerprint density at radius 3 is 2.31 bits per heavy atom. The van der Waals surface area contributed by atoms with E-state index in [1.807, 2.05) is 0 Å². The van der Waals surface area contributed by atoms with Crippen molar-refractivity contribution in [2.45, 2.75) is 12.5 Å². The van der Waals surface area contributed by atoms with E-state index in [0.29, 0.717) is 11.1 Å². The Morgan fingerprint density at radius 2 is 1.88 bits per heavy atom. The van der Waals surface area contributed by atoms with E-state index in [1.165, 1.54) is 31.4 Å². The standard InChI is InChI=1S/C11H12O5/c1-16-11(15)8-4-2-7(3-5-8)9(12)6-10(13)14/h2-5,9,12H,6H2,1H3,(H,13,14)/t9-/m0/s1. The number of carboxylic acids is 1. The number of hydrogen-bond donors (Lipinski definition) is 2. The van der Waals surface area contributed by atoms with E-state index < -0.39 is 18.0 Å². The molecule has 1 aromatic rings. The molecule has 0 spiro atoms. The molecule has 86 valence electrons. The van der Waals surface area contributed by atoms with E-state index in [9.17, 15) is 14.7 Å². The van der Waals surface area contributed by atoms with Crippen LogP contribution in [0.2, 0.25) is 0 Å². The average Bonchev–Trinajstić information content (AvgIpc) is 2.27.